The minimum absolute atomic E-state index is 0.227. The molecule has 4 heteroatoms. The molecule has 16 heavy (non-hydrogen) atoms. The zero-order valence-electron chi connectivity index (χ0n) is 8.84. The molecule has 0 spiro atoms. The summed E-state index contributed by atoms with van der Waals surface area (Å²) in [7, 11) is 0. The summed E-state index contributed by atoms with van der Waals surface area (Å²) in [5.41, 5.74) is 0.328. The van der Waals surface area contributed by atoms with Crippen LogP contribution >= 0.6 is 23.2 Å². The summed E-state index contributed by atoms with van der Waals surface area (Å²) in [6, 6.07) is 6.86. The Morgan fingerprint density at radius 1 is 1.50 bits per heavy atom. The van der Waals surface area contributed by atoms with Gasteiger partial charge in [0.2, 0.25) is 0 Å². The second-order valence-electron chi connectivity index (χ2n) is 3.44. The Hall–Kier alpha value is -1.04. The largest absolute Gasteiger partial charge is 0.293 e. The van der Waals surface area contributed by atoms with Crippen molar-refractivity contribution in [2.75, 3.05) is 0 Å². The molecule has 0 aromatic heterocycles. The van der Waals surface area contributed by atoms with Gasteiger partial charge in [0.1, 0.15) is 5.92 Å². The number of hydrogen-bond donors (Lipinski definition) is 0. The maximum absolute atomic E-state index is 12.0. The molecule has 1 aromatic carbocycles. The van der Waals surface area contributed by atoms with Crippen LogP contribution in [-0.4, -0.2) is 5.78 Å². The number of carbonyl (C=O) groups is 1. The van der Waals surface area contributed by atoms with Crippen molar-refractivity contribution < 1.29 is 4.79 Å². The maximum Gasteiger partial charge on any atom is 0.181 e. The van der Waals surface area contributed by atoms with Gasteiger partial charge < -0.3 is 0 Å². The molecule has 1 atom stereocenters. The SMILES string of the molecule is CCCC(C#N)C(=O)c1cccc(Cl)c1Cl. The lowest BCUT2D eigenvalue weighted by atomic mass is 9.95. The smallest absolute Gasteiger partial charge is 0.181 e. The minimum atomic E-state index is -0.638. The summed E-state index contributed by atoms with van der Waals surface area (Å²) in [4.78, 5) is 12.0. The van der Waals surface area contributed by atoms with E-state index in [1.54, 1.807) is 18.2 Å². The summed E-state index contributed by atoms with van der Waals surface area (Å²) in [5, 5.41) is 9.46. The van der Waals surface area contributed by atoms with Crippen LogP contribution in [0.15, 0.2) is 18.2 Å². The van der Waals surface area contributed by atoms with Gasteiger partial charge in [-0.25, -0.2) is 0 Å². The van der Waals surface area contributed by atoms with E-state index in [0.29, 0.717) is 17.0 Å². The van der Waals surface area contributed by atoms with Gasteiger partial charge >= 0.3 is 0 Å². The highest BCUT2D eigenvalue weighted by Gasteiger charge is 2.21. The molecule has 0 aliphatic rings. The molecule has 0 radical (unpaired) electrons. The highest BCUT2D eigenvalue weighted by Crippen LogP contribution is 2.28. The van der Waals surface area contributed by atoms with Crippen molar-refractivity contribution in [2.24, 2.45) is 5.92 Å². The van der Waals surface area contributed by atoms with E-state index in [1.807, 2.05) is 13.0 Å². The molecule has 0 saturated carbocycles. The Balaban J connectivity index is 3.05. The number of ketones is 1. The number of benzene rings is 1. The molecular formula is C12H11Cl2NO. The van der Waals surface area contributed by atoms with Crippen LogP contribution in [0.5, 0.6) is 0 Å². The van der Waals surface area contributed by atoms with Gasteiger partial charge in [0.25, 0.3) is 0 Å². The quantitative estimate of drug-likeness (QED) is 0.760. The molecule has 0 N–H and O–H groups in total. The van der Waals surface area contributed by atoms with Crippen molar-refractivity contribution in [1.82, 2.24) is 0 Å². The first-order valence-electron chi connectivity index (χ1n) is 4.99. The lowest BCUT2D eigenvalue weighted by Gasteiger charge is -2.08. The Morgan fingerprint density at radius 2 is 2.19 bits per heavy atom. The van der Waals surface area contributed by atoms with Crippen molar-refractivity contribution in [1.29, 1.82) is 5.26 Å². The van der Waals surface area contributed by atoms with Crippen LogP contribution in [0.2, 0.25) is 10.0 Å². The molecule has 0 amide bonds. The molecule has 0 aliphatic carbocycles. The van der Waals surface area contributed by atoms with E-state index in [2.05, 4.69) is 0 Å². The molecule has 2 nitrogen and oxygen atoms in total. The average Bonchev–Trinajstić information content (AvgIpc) is 2.29. The third-order valence-corrected chi connectivity index (χ3v) is 3.09. The van der Waals surface area contributed by atoms with Crippen LogP contribution < -0.4 is 0 Å². The van der Waals surface area contributed by atoms with Crippen LogP contribution in [-0.2, 0) is 0 Å². The minimum Gasteiger partial charge on any atom is -0.293 e. The predicted molar refractivity (Wildman–Crippen MR) is 64.8 cm³/mol. The highest BCUT2D eigenvalue weighted by molar-refractivity contribution is 6.44. The third-order valence-electron chi connectivity index (χ3n) is 2.27. The molecule has 0 fully saturated rings. The predicted octanol–water partition coefficient (Wildman–Crippen LogP) is 4.12. The molecule has 1 aromatic rings. The standard InChI is InChI=1S/C12H11Cl2NO/c1-2-4-8(7-15)12(16)9-5-3-6-10(13)11(9)14/h3,5-6,8H,2,4H2,1H3. The normalized spacial score (nSPS) is 11.9. The highest BCUT2D eigenvalue weighted by atomic mass is 35.5. The van der Waals surface area contributed by atoms with E-state index in [0.717, 1.165) is 6.42 Å². The van der Waals surface area contributed by atoms with E-state index in [4.69, 9.17) is 28.5 Å². The first-order valence-corrected chi connectivity index (χ1v) is 5.75. The Morgan fingerprint density at radius 3 is 2.75 bits per heavy atom. The average molecular weight is 256 g/mol. The lowest BCUT2D eigenvalue weighted by molar-refractivity contribution is 0.0944. The monoisotopic (exact) mass is 255 g/mol. The summed E-state index contributed by atoms with van der Waals surface area (Å²) < 4.78 is 0. The third kappa shape index (κ3) is 2.75. The van der Waals surface area contributed by atoms with Crippen LogP contribution in [0.25, 0.3) is 0 Å². The number of Topliss-reactive ketones (excluding diaryl/α,β-unsaturated/α-hetero) is 1. The van der Waals surface area contributed by atoms with Gasteiger partial charge in [0, 0.05) is 5.56 Å². The summed E-state index contributed by atoms with van der Waals surface area (Å²) in [6.07, 6.45) is 1.32. The van der Waals surface area contributed by atoms with E-state index < -0.39 is 5.92 Å². The van der Waals surface area contributed by atoms with Crippen molar-refractivity contribution in [2.45, 2.75) is 19.8 Å². The molecule has 0 bridgehead atoms. The topological polar surface area (TPSA) is 40.9 Å². The van der Waals surface area contributed by atoms with Crippen LogP contribution in [0.3, 0.4) is 0 Å². The van der Waals surface area contributed by atoms with Crippen molar-refractivity contribution >= 4 is 29.0 Å². The van der Waals surface area contributed by atoms with Crippen molar-refractivity contribution in [3.8, 4) is 6.07 Å². The number of carbonyl (C=O) groups excluding carboxylic acids is 1. The molecule has 0 heterocycles. The van der Waals surface area contributed by atoms with Gasteiger partial charge in [0.15, 0.2) is 5.78 Å². The van der Waals surface area contributed by atoms with Gasteiger partial charge in [-0.15, -0.1) is 0 Å². The molecule has 0 aliphatic heterocycles. The Labute approximate surface area is 105 Å². The van der Waals surface area contributed by atoms with Gasteiger partial charge in [-0.2, -0.15) is 5.26 Å². The number of nitrogens with zero attached hydrogens (tertiary/aromatic N) is 1. The zero-order chi connectivity index (χ0) is 12.1. The van der Waals surface area contributed by atoms with Gasteiger partial charge in [0.05, 0.1) is 16.1 Å². The number of halogens is 2. The second kappa shape index (κ2) is 5.89. The summed E-state index contributed by atoms with van der Waals surface area (Å²) >= 11 is 11.7. The number of hydrogen-bond acceptors (Lipinski definition) is 2. The van der Waals surface area contributed by atoms with E-state index in [9.17, 15) is 4.79 Å². The van der Waals surface area contributed by atoms with Gasteiger partial charge in [-0.3, -0.25) is 4.79 Å². The summed E-state index contributed by atoms with van der Waals surface area (Å²) in [5.74, 6) is -0.891. The van der Waals surface area contributed by atoms with Gasteiger partial charge in [-0.1, -0.05) is 42.6 Å². The fraction of sp³-hybridized carbons (Fsp3) is 0.333. The van der Waals surface area contributed by atoms with Crippen LogP contribution in [0, 0.1) is 17.2 Å². The van der Waals surface area contributed by atoms with Crippen molar-refractivity contribution in [3.63, 3.8) is 0 Å². The van der Waals surface area contributed by atoms with E-state index >= 15 is 0 Å². The number of rotatable bonds is 4. The van der Waals surface area contributed by atoms with E-state index in [1.165, 1.54) is 0 Å². The lowest BCUT2D eigenvalue weighted by Crippen LogP contribution is -2.13. The van der Waals surface area contributed by atoms with Crippen LogP contribution in [0.1, 0.15) is 30.1 Å². The first kappa shape index (κ1) is 13.0. The van der Waals surface area contributed by atoms with Crippen molar-refractivity contribution in [3.05, 3.63) is 33.8 Å². The number of nitriles is 1. The van der Waals surface area contributed by atoms with Crippen LogP contribution in [0.4, 0.5) is 0 Å². The Kier molecular flexibility index (Phi) is 4.79. The molecule has 1 unspecified atom stereocenters. The Bertz CT molecular complexity index is 437. The van der Waals surface area contributed by atoms with E-state index in [-0.39, 0.29) is 10.8 Å². The van der Waals surface area contributed by atoms with Gasteiger partial charge in [-0.05, 0) is 18.6 Å². The first-order chi connectivity index (χ1) is 7.61. The summed E-state index contributed by atoms with van der Waals surface area (Å²) in [6.45, 7) is 1.93. The maximum atomic E-state index is 12.0. The zero-order valence-corrected chi connectivity index (χ0v) is 10.3. The fourth-order valence-corrected chi connectivity index (χ4v) is 1.82. The molecule has 84 valence electrons. The molecular weight excluding hydrogens is 245 g/mol. The molecule has 1 rings (SSSR count). The second-order valence-corrected chi connectivity index (χ2v) is 4.22. The fourth-order valence-electron chi connectivity index (χ4n) is 1.42. The molecule has 0 saturated heterocycles.